The van der Waals surface area contributed by atoms with E-state index in [1.165, 1.54) is 89.5 Å². The number of carboxylic acids is 1. The molecule has 14 atom stereocenters. The van der Waals surface area contributed by atoms with Crippen molar-refractivity contribution < 1.29 is 87.2 Å². The number of carboxylic acid groups (broad SMARTS) is 1. The van der Waals surface area contributed by atoms with Crippen molar-refractivity contribution in [2.24, 2.45) is 103 Å². The monoisotopic (exact) mass is 1810 g/mol. The van der Waals surface area contributed by atoms with Crippen LogP contribution in [0, 0.1) is 47.3 Å². The molecule has 0 bridgehead atoms. The van der Waals surface area contributed by atoms with Crippen LogP contribution < -0.4 is 83.1 Å². The molecular formula is C89H159N19O18S. The number of amides is 8. The molecule has 0 saturated heterocycles. The molecule has 0 saturated carbocycles. The summed E-state index contributed by atoms with van der Waals surface area (Å²) in [5.74, 6) is -19.8. The molecule has 0 radical (unpaired) electrons. The number of hydrogen-bond acceptors (Lipinski definition) is 24. The molecule has 0 aliphatic rings. The van der Waals surface area contributed by atoms with Crippen LogP contribution in [0.4, 0.5) is 0 Å². The van der Waals surface area contributed by atoms with Gasteiger partial charge in [-0.2, -0.15) is 11.8 Å². The number of aliphatic imine (C=N–C) groups is 2. The van der Waals surface area contributed by atoms with Crippen molar-refractivity contribution in [1.82, 2.24) is 47.2 Å². The molecule has 0 aromatic carbocycles. The van der Waals surface area contributed by atoms with E-state index in [2.05, 4.69) is 64.1 Å². The smallest absolute Gasteiger partial charge is 0.305 e. The topological polar surface area (TPSA) is 663 Å². The van der Waals surface area contributed by atoms with Crippen LogP contribution in [0.5, 0.6) is 0 Å². The number of guanidine groups is 2. The number of Topliss-reactive ketones (excluding diaryl/α,β-unsaturated/α-hetero) is 6. The Balaban J connectivity index is 3.53. The van der Waals surface area contributed by atoms with E-state index in [4.69, 9.17) is 45.9 Å². The van der Waals surface area contributed by atoms with Crippen LogP contribution in [0.3, 0.4) is 0 Å². The van der Waals surface area contributed by atoms with Gasteiger partial charge in [-0.25, -0.2) is 4.98 Å². The average molecular weight is 1820 g/mol. The minimum absolute atomic E-state index is 0.00484. The molecule has 38 heteroatoms. The van der Waals surface area contributed by atoms with Gasteiger partial charge in [0.15, 0.2) is 46.6 Å². The van der Waals surface area contributed by atoms with Crippen LogP contribution in [0.2, 0.25) is 0 Å². The van der Waals surface area contributed by atoms with Gasteiger partial charge in [0, 0.05) is 94.1 Å². The molecule has 1 heterocycles. The summed E-state index contributed by atoms with van der Waals surface area (Å²) in [6, 6.07) is -9.14. The first-order valence-electron chi connectivity index (χ1n) is 46.1. The Morgan fingerprint density at radius 1 is 0.425 bits per heavy atom. The zero-order valence-corrected chi connectivity index (χ0v) is 77.9. The lowest BCUT2D eigenvalue weighted by Crippen LogP contribution is -2.52. The number of nitrogens with one attached hydrogen (secondary N) is 8. The van der Waals surface area contributed by atoms with E-state index in [1.807, 2.05) is 27.7 Å². The van der Waals surface area contributed by atoms with Crippen molar-refractivity contribution in [1.29, 1.82) is 0 Å². The van der Waals surface area contributed by atoms with E-state index in [0.29, 0.717) is 57.3 Å². The predicted octanol–water partition coefficient (Wildman–Crippen LogP) is 3.97. The van der Waals surface area contributed by atoms with E-state index in [1.54, 1.807) is 6.26 Å². The van der Waals surface area contributed by atoms with E-state index in [-0.39, 0.29) is 151 Å². The number of imidazole rings is 1. The average Bonchev–Trinajstić information content (AvgIpc) is 1.01. The Kier molecular flexibility index (Phi) is 62.4. The number of primary amides is 1. The maximum atomic E-state index is 14.7. The number of rotatable bonds is 79. The second-order valence-electron chi connectivity index (χ2n) is 34.8. The molecule has 0 aliphatic carbocycles. The molecule has 8 amide bonds. The largest absolute Gasteiger partial charge is 0.481 e. The number of H-pyrrole nitrogens is 1. The van der Waals surface area contributed by atoms with Crippen LogP contribution >= 0.6 is 11.8 Å². The number of carbonyl (C=O) groups is 15. The maximum absolute atomic E-state index is 14.7. The number of nitrogens with zero attached hydrogens (tertiary/aromatic N) is 3. The number of aromatic amines is 1. The first-order valence-corrected chi connectivity index (χ1v) is 47.5. The zero-order chi connectivity index (χ0) is 95.3. The van der Waals surface area contributed by atoms with Crippen molar-refractivity contribution in [3.05, 3.63) is 18.2 Å². The van der Waals surface area contributed by atoms with Crippen LogP contribution in [0.25, 0.3) is 0 Å². The molecule has 0 spiro atoms. The molecule has 127 heavy (non-hydrogen) atoms. The number of aliphatic hydroxyl groups excluding tert-OH is 2. The van der Waals surface area contributed by atoms with Gasteiger partial charge in [-0.3, -0.25) is 81.9 Å². The summed E-state index contributed by atoms with van der Waals surface area (Å²) in [7, 11) is 0. The Morgan fingerprint density at radius 3 is 1.32 bits per heavy atom. The zero-order valence-electron chi connectivity index (χ0n) is 77.0. The van der Waals surface area contributed by atoms with Gasteiger partial charge in [-0.15, -0.1) is 0 Å². The number of nitrogens with two attached hydrogens (primary N) is 8. The van der Waals surface area contributed by atoms with Gasteiger partial charge in [0.2, 0.25) is 47.3 Å². The molecule has 0 unspecified atom stereocenters. The normalized spacial score (nSPS) is 14.7. The number of unbranched alkanes of at least 4 members (excludes halogenated alkanes) is 15. The van der Waals surface area contributed by atoms with Gasteiger partial charge in [0.1, 0.15) is 6.04 Å². The Labute approximate surface area is 756 Å². The predicted molar refractivity (Wildman–Crippen MR) is 491 cm³/mol. The second kappa shape index (κ2) is 68.3. The fraction of sp³-hybridized carbons (Fsp3) is 0.775. The van der Waals surface area contributed by atoms with Crippen molar-refractivity contribution >= 4 is 112 Å². The van der Waals surface area contributed by atoms with Crippen molar-refractivity contribution in [3.8, 4) is 0 Å². The molecule has 27 N–H and O–H groups in total. The third-order valence-electron chi connectivity index (χ3n) is 22.5. The van der Waals surface area contributed by atoms with Crippen molar-refractivity contribution in [2.75, 3.05) is 51.3 Å². The second-order valence-corrected chi connectivity index (χ2v) is 35.7. The molecule has 0 fully saturated rings. The standard InChI is InChI=1S/C89H159N19O18S/c1-9-10-11-12-13-14-15-16-17-18-19-20-21-35-79(117)103-70(33-24-27-39-92)87(126)106-67(32-23-26-38-91)74(112)49-63(43-56(2)3)84(123)104-68(34-29-41-100-89(96)97)75(113)50-64(54-109)85(124)105-69(36-42-127-8)78(116)51-66(59(7)110)86(125)108-72(52-80(118)119)76(114)47-60(30-22-25-37-90)82(121)102-58(6)73(111)46-61(31-28-40-99-88(94)95)83(122)107-71(44-57(4)5)77(115)48-62(81(93)120)45-65-53-98-55-101-65/h53,55-64,66-72,109-110H,9-52,54,90-92H2,1-8H3,(H2,93,120)(H,98,101)(H,102,121)(H,103,117)(H,104,123)(H,105,124)(H,106,126)(H,107,122)(H,108,125)(H,118,119)(H4,94,95,99)(H4,96,97,100)/t58-,59+,60+,61+,62+,63+,64-,66-,67-,68-,69-,70-,71-,72-/m0/s1. The van der Waals surface area contributed by atoms with Gasteiger partial charge in [0.25, 0.3) is 0 Å². The molecule has 1 aromatic heterocycles. The Bertz CT molecular complexity index is 3530. The lowest BCUT2D eigenvalue weighted by atomic mass is 9.88. The van der Waals surface area contributed by atoms with Gasteiger partial charge in [-0.1, -0.05) is 118 Å². The summed E-state index contributed by atoms with van der Waals surface area (Å²) >= 11 is 1.28. The number of aliphatic carboxylic acids is 1. The van der Waals surface area contributed by atoms with Gasteiger partial charge < -0.3 is 103 Å². The van der Waals surface area contributed by atoms with Crippen molar-refractivity contribution in [3.63, 3.8) is 0 Å². The maximum Gasteiger partial charge on any atom is 0.305 e. The summed E-state index contributed by atoms with van der Waals surface area (Å²) in [5.41, 5.74) is 46.1. The first kappa shape index (κ1) is 116. The number of ketones is 6. The summed E-state index contributed by atoms with van der Waals surface area (Å²) in [6.45, 7) is 12.0. The number of aliphatic hydroxyl groups is 2. The summed E-state index contributed by atoms with van der Waals surface area (Å²) in [4.78, 5) is 226. The van der Waals surface area contributed by atoms with Crippen LogP contribution in [-0.4, -0.2) is 225 Å². The SMILES string of the molecule is CCCCCCCCCCCCCCCC(=O)N[C@@H](CCCCN)C(=O)N[C@@H](CCCCN)C(=O)C[C@@H](CC(C)C)C(=O)N[C@@H](CCCN=C(N)N)C(=O)C[C@@H](CO)C(=O)N[C@@H](CCSC)C(=O)C[C@H](C(=O)N[C@@H](CC(=O)O)C(=O)C[C@@H](CCCCN)C(=O)N[C@@H](C)C(=O)C[C@@H](CCCN=C(N)N)C(=O)N[C@@H](CC(C)C)C(=O)C[C@@H](Cc1cnc[nH]1)C(N)=O)[C@@H](C)O. The van der Waals surface area contributed by atoms with Crippen LogP contribution in [0.15, 0.2) is 22.5 Å². The number of aromatic nitrogens is 2. The third-order valence-corrected chi connectivity index (χ3v) is 23.2. The summed E-state index contributed by atoms with van der Waals surface area (Å²) < 4.78 is 0. The van der Waals surface area contributed by atoms with E-state index >= 15 is 0 Å². The number of carbonyl (C=O) groups excluding carboxylic acids is 14. The highest BCUT2D eigenvalue weighted by atomic mass is 32.2. The molecule has 1 aromatic rings. The first-order chi connectivity index (χ1) is 60.4. The highest BCUT2D eigenvalue weighted by Gasteiger charge is 2.40. The van der Waals surface area contributed by atoms with E-state index < -0.39 is 205 Å². The fourth-order valence-corrected chi connectivity index (χ4v) is 15.5. The molecule has 724 valence electrons. The third kappa shape index (κ3) is 52.4. The lowest BCUT2D eigenvalue weighted by Gasteiger charge is -2.27. The fourth-order valence-electron chi connectivity index (χ4n) is 15.1. The summed E-state index contributed by atoms with van der Waals surface area (Å²) in [5, 5.41) is 51.1. The molecular weight excluding hydrogens is 1660 g/mol. The molecule has 1 rings (SSSR count). The number of hydrogen-bond donors (Lipinski definition) is 19. The molecule has 0 aliphatic heterocycles. The lowest BCUT2D eigenvalue weighted by molar-refractivity contribution is -0.142. The summed E-state index contributed by atoms with van der Waals surface area (Å²) in [6.07, 6.45) is 17.3. The minimum atomic E-state index is -1.87. The Hall–Kier alpha value is -8.85. The highest BCUT2D eigenvalue weighted by Crippen LogP contribution is 2.26. The Morgan fingerprint density at radius 2 is 0.835 bits per heavy atom. The van der Waals surface area contributed by atoms with Crippen molar-refractivity contribution in [2.45, 2.75) is 341 Å². The van der Waals surface area contributed by atoms with Crippen LogP contribution in [0.1, 0.15) is 292 Å². The van der Waals surface area contributed by atoms with E-state index in [0.717, 1.165) is 25.7 Å². The van der Waals surface area contributed by atoms with Crippen LogP contribution in [-0.2, 0) is 78.3 Å². The quantitative estimate of drug-likeness (QED) is 0.0249. The number of thioether (sulfide) groups is 1. The van der Waals surface area contributed by atoms with Gasteiger partial charge >= 0.3 is 5.97 Å². The minimum Gasteiger partial charge on any atom is -0.481 e. The van der Waals surface area contributed by atoms with E-state index in [9.17, 15) is 87.2 Å². The van der Waals surface area contributed by atoms with Gasteiger partial charge in [0.05, 0.1) is 79.5 Å². The van der Waals surface area contributed by atoms with Gasteiger partial charge in [-0.05, 0) is 160 Å². The highest BCUT2D eigenvalue weighted by molar-refractivity contribution is 7.98. The molecule has 37 nitrogen and oxygen atoms in total.